The largest absolute Gasteiger partial charge is 0.473 e. The molecule has 0 bridgehead atoms. The van der Waals surface area contributed by atoms with Gasteiger partial charge in [-0.3, -0.25) is 9.58 Å². The van der Waals surface area contributed by atoms with Crippen LogP contribution in [-0.4, -0.2) is 67.7 Å². The average molecular weight is 426 g/mol. The van der Waals surface area contributed by atoms with Gasteiger partial charge in [-0.2, -0.15) is 10.1 Å². The molecule has 0 amide bonds. The fourth-order valence-corrected chi connectivity index (χ4v) is 4.72. The molecule has 166 valence electrons. The normalized spacial score (nSPS) is 22.6. The van der Waals surface area contributed by atoms with Crippen LogP contribution in [0.3, 0.4) is 0 Å². The van der Waals surface area contributed by atoms with E-state index < -0.39 is 0 Å². The van der Waals surface area contributed by atoms with Crippen molar-refractivity contribution in [3.05, 3.63) is 30.2 Å². The SMILES string of the molecule is CCc1ccn2nc(Nc3cnn(C)c3)nc(OC3CCC(N4CCOCC4)CC3)c12. The number of ether oxygens (including phenoxy) is 2. The van der Waals surface area contributed by atoms with Gasteiger partial charge in [-0.15, -0.1) is 5.10 Å². The van der Waals surface area contributed by atoms with E-state index in [9.17, 15) is 0 Å². The Bertz CT molecular complexity index is 1020. The Morgan fingerprint density at radius 1 is 1.19 bits per heavy atom. The van der Waals surface area contributed by atoms with Crippen molar-refractivity contribution in [3.63, 3.8) is 0 Å². The maximum Gasteiger partial charge on any atom is 0.248 e. The lowest BCUT2D eigenvalue weighted by atomic mass is 9.91. The minimum absolute atomic E-state index is 0.182. The highest BCUT2D eigenvalue weighted by Crippen LogP contribution is 2.30. The molecule has 3 aromatic heterocycles. The Morgan fingerprint density at radius 2 is 2.00 bits per heavy atom. The first-order chi connectivity index (χ1) is 15.2. The Kier molecular flexibility index (Phi) is 5.78. The first-order valence-electron chi connectivity index (χ1n) is 11.3. The quantitative estimate of drug-likeness (QED) is 0.650. The van der Waals surface area contributed by atoms with Crippen LogP contribution in [0.1, 0.15) is 38.2 Å². The summed E-state index contributed by atoms with van der Waals surface area (Å²) in [6.07, 6.45) is 11.1. The van der Waals surface area contributed by atoms with Crippen LogP contribution < -0.4 is 10.1 Å². The van der Waals surface area contributed by atoms with E-state index in [-0.39, 0.29) is 6.10 Å². The number of nitrogens with one attached hydrogen (secondary N) is 1. The number of hydrogen-bond acceptors (Lipinski definition) is 7. The zero-order valence-electron chi connectivity index (χ0n) is 18.3. The van der Waals surface area contributed by atoms with Crippen molar-refractivity contribution < 1.29 is 9.47 Å². The number of morpholine rings is 1. The smallest absolute Gasteiger partial charge is 0.248 e. The summed E-state index contributed by atoms with van der Waals surface area (Å²) in [5.41, 5.74) is 3.01. The van der Waals surface area contributed by atoms with Crippen molar-refractivity contribution in [2.45, 2.75) is 51.2 Å². The molecule has 0 aromatic carbocycles. The molecule has 0 radical (unpaired) electrons. The van der Waals surface area contributed by atoms with E-state index in [1.54, 1.807) is 10.9 Å². The van der Waals surface area contributed by atoms with Crippen molar-refractivity contribution >= 4 is 17.2 Å². The Balaban J connectivity index is 1.33. The predicted octanol–water partition coefficient (Wildman–Crippen LogP) is 2.79. The summed E-state index contributed by atoms with van der Waals surface area (Å²) in [5, 5.41) is 12.1. The fraction of sp³-hybridized carbons (Fsp3) is 0.591. The first kappa shape index (κ1) is 20.3. The van der Waals surface area contributed by atoms with E-state index in [1.807, 2.05) is 24.0 Å². The van der Waals surface area contributed by atoms with Gasteiger partial charge in [0.1, 0.15) is 11.6 Å². The summed E-state index contributed by atoms with van der Waals surface area (Å²) < 4.78 is 15.6. The van der Waals surface area contributed by atoms with Crippen LogP contribution in [0.2, 0.25) is 0 Å². The highest BCUT2D eigenvalue weighted by atomic mass is 16.5. The van der Waals surface area contributed by atoms with Crippen LogP contribution in [0.25, 0.3) is 5.52 Å². The molecule has 31 heavy (non-hydrogen) atoms. The van der Waals surface area contributed by atoms with E-state index >= 15 is 0 Å². The van der Waals surface area contributed by atoms with Crippen molar-refractivity contribution in [2.75, 3.05) is 31.6 Å². The van der Waals surface area contributed by atoms with Gasteiger partial charge < -0.3 is 14.8 Å². The molecule has 1 N–H and O–H groups in total. The number of anilines is 2. The Morgan fingerprint density at radius 3 is 2.71 bits per heavy atom. The van der Waals surface area contributed by atoms with Gasteiger partial charge in [0.15, 0.2) is 0 Å². The van der Waals surface area contributed by atoms with Gasteiger partial charge in [0.05, 0.1) is 25.1 Å². The van der Waals surface area contributed by atoms with Crippen LogP contribution in [0.4, 0.5) is 11.6 Å². The topological polar surface area (TPSA) is 81.7 Å². The predicted molar refractivity (Wildman–Crippen MR) is 118 cm³/mol. The van der Waals surface area contributed by atoms with Crippen LogP contribution in [0.5, 0.6) is 5.88 Å². The van der Waals surface area contributed by atoms with Crippen molar-refractivity contribution in [1.29, 1.82) is 0 Å². The third-order valence-corrected chi connectivity index (χ3v) is 6.39. The minimum atomic E-state index is 0.182. The molecule has 1 aliphatic heterocycles. The molecule has 0 unspecified atom stereocenters. The van der Waals surface area contributed by atoms with Gasteiger partial charge in [-0.1, -0.05) is 6.92 Å². The number of fused-ring (bicyclic) bond motifs is 1. The maximum atomic E-state index is 6.51. The van der Waals surface area contributed by atoms with E-state index in [0.717, 1.165) is 69.6 Å². The molecule has 0 spiro atoms. The number of rotatable bonds is 6. The molecule has 1 aliphatic carbocycles. The van der Waals surface area contributed by atoms with Gasteiger partial charge in [0.25, 0.3) is 0 Å². The molecule has 1 saturated carbocycles. The number of hydrogen-bond donors (Lipinski definition) is 1. The van der Waals surface area contributed by atoms with Crippen LogP contribution in [0, 0.1) is 0 Å². The molecule has 4 heterocycles. The second-order valence-corrected chi connectivity index (χ2v) is 8.45. The lowest BCUT2D eigenvalue weighted by Gasteiger charge is -2.38. The van der Waals surface area contributed by atoms with Gasteiger partial charge >= 0.3 is 0 Å². The highest BCUT2D eigenvalue weighted by molar-refractivity contribution is 5.65. The number of aromatic nitrogens is 5. The molecule has 0 atom stereocenters. The molecule has 9 nitrogen and oxygen atoms in total. The summed E-state index contributed by atoms with van der Waals surface area (Å²) in [6, 6.07) is 2.75. The third kappa shape index (κ3) is 4.38. The number of aryl methyl sites for hydroxylation is 2. The summed E-state index contributed by atoms with van der Waals surface area (Å²) in [5.74, 6) is 1.17. The second-order valence-electron chi connectivity index (χ2n) is 8.45. The first-order valence-corrected chi connectivity index (χ1v) is 11.3. The summed E-state index contributed by atoms with van der Waals surface area (Å²) in [4.78, 5) is 7.34. The molecule has 5 rings (SSSR count). The molecule has 9 heteroatoms. The van der Waals surface area contributed by atoms with Crippen molar-refractivity contribution in [1.82, 2.24) is 29.3 Å². The van der Waals surface area contributed by atoms with E-state index in [1.165, 1.54) is 5.56 Å². The van der Waals surface area contributed by atoms with Crippen LogP contribution >= 0.6 is 0 Å². The number of nitrogens with zero attached hydrogens (tertiary/aromatic N) is 6. The van der Waals surface area contributed by atoms with Gasteiger partial charge in [-0.05, 0) is 43.7 Å². The Hall–Kier alpha value is -2.65. The van der Waals surface area contributed by atoms with Crippen LogP contribution in [-0.2, 0) is 18.2 Å². The van der Waals surface area contributed by atoms with Crippen molar-refractivity contribution in [2.24, 2.45) is 7.05 Å². The molecule has 2 fully saturated rings. The minimum Gasteiger partial charge on any atom is -0.473 e. The van der Waals surface area contributed by atoms with E-state index in [0.29, 0.717) is 17.9 Å². The molecule has 3 aromatic rings. The highest BCUT2D eigenvalue weighted by Gasteiger charge is 2.28. The average Bonchev–Trinajstić information content (AvgIpc) is 3.40. The molecule has 2 aliphatic rings. The monoisotopic (exact) mass is 425 g/mol. The summed E-state index contributed by atoms with van der Waals surface area (Å²) in [6.45, 7) is 5.97. The molecule has 1 saturated heterocycles. The summed E-state index contributed by atoms with van der Waals surface area (Å²) in [7, 11) is 1.89. The lowest BCUT2D eigenvalue weighted by molar-refractivity contribution is -0.00129. The van der Waals surface area contributed by atoms with Crippen molar-refractivity contribution in [3.8, 4) is 5.88 Å². The zero-order chi connectivity index (χ0) is 21.2. The standard InChI is InChI=1S/C22H31N7O2/c1-3-16-8-9-29-20(16)21(25-22(26-29)24-17-14-23-27(2)15-17)31-19-6-4-18(5-7-19)28-10-12-30-13-11-28/h8-9,14-15,18-19H,3-7,10-13H2,1-2H3,(H,24,26). The molecular weight excluding hydrogens is 394 g/mol. The fourth-order valence-electron chi connectivity index (χ4n) is 4.72. The third-order valence-electron chi connectivity index (χ3n) is 6.39. The lowest BCUT2D eigenvalue weighted by Crippen LogP contribution is -2.46. The van der Waals surface area contributed by atoms with E-state index in [4.69, 9.17) is 14.5 Å². The Labute approximate surface area is 182 Å². The molecular formula is C22H31N7O2. The van der Waals surface area contributed by atoms with Gasteiger partial charge in [0.2, 0.25) is 11.8 Å². The summed E-state index contributed by atoms with van der Waals surface area (Å²) >= 11 is 0. The second kappa shape index (κ2) is 8.84. The zero-order valence-corrected chi connectivity index (χ0v) is 18.3. The van der Waals surface area contributed by atoms with Gasteiger partial charge in [0, 0.05) is 38.6 Å². The van der Waals surface area contributed by atoms with Crippen LogP contribution in [0.15, 0.2) is 24.7 Å². The van der Waals surface area contributed by atoms with E-state index in [2.05, 4.69) is 33.4 Å². The maximum absolute atomic E-state index is 6.51. The van der Waals surface area contributed by atoms with Gasteiger partial charge in [-0.25, -0.2) is 4.52 Å².